The molecule has 1 N–H and O–H groups in total. The minimum absolute atomic E-state index is 0.135. The van der Waals surface area contributed by atoms with Gasteiger partial charge in [-0.2, -0.15) is 0 Å². The highest BCUT2D eigenvalue weighted by molar-refractivity contribution is 8.45. The van der Waals surface area contributed by atoms with Crippen LogP contribution in [0.25, 0.3) is 0 Å². The summed E-state index contributed by atoms with van der Waals surface area (Å²) in [5, 5.41) is 2.81. The second-order valence-corrected chi connectivity index (χ2v) is 6.23. The van der Waals surface area contributed by atoms with Crippen LogP contribution in [0.2, 0.25) is 0 Å². The Balaban J connectivity index is 2.52. The molecule has 98 valence electrons. The van der Waals surface area contributed by atoms with Crippen LogP contribution >= 0.6 is 10.2 Å². The molecule has 1 heterocycles. The zero-order chi connectivity index (χ0) is 13.0. The number of rotatable bonds is 2. The quantitative estimate of drug-likeness (QED) is 0.824. The molecule has 0 unspecified atom stereocenters. The fraction of sp³-hybridized carbons (Fsp3) is 0.333. The summed E-state index contributed by atoms with van der Waals surface area (Å²) in [5.41, 5.74) is 0.457. The minimum atomic E-state index is -9.61. The van der Waals surface area contributed by atoms with Gasteiger partial charge in [-0.25, -0.2) is 0 Å². The molecule has 2 rings (SSSR count). The van der Waals surface area contributed by atoms with E-state index in [4.69, 9.17) is 4.74 Å². The number of hydrogen-bond donors (Lipinski definition) is 1. The maximum atomic E-state index is 12.5. The van der Waals surface area contributed by atoms with E-state index in [1.807, 2.05) is 0 Å². The highest BCUT2D eigenvalue weighted by atomic mass is 32.5. The Morgan fingerprint density at radius 1 is 1.24 bits per heavy atom. The van der Waals surface area contributed by atoms with Gasteiger partial charge in [0.2, 0.25) is 0 Å². The standard InChI is InChI=1S/C9H10F5NOS/c1-15-8-5-16-9-4-6(2-3-7(8)9)17(10,11,12,13)14/h2-4,8,15H,5H2,1H3/t8-/m0/s1. The average molecular weight is 275 g/mol. The minimum Gasteiger partial charge on any atom is -0.491 e. The van der Waals surface area contributed by atoms with Crippen molar-refractivity contribution < 1.29 is 24.2 Å². The molecule has 0 fully saturated rings. The van der Waals surface area contributed by atoms with Crippen LogP contribution in [0.15, 0.2) is 23.1 Å². The van der Waals surface area contributed by atoms with E-state index in [0.717, 1.165) is 6.07 Å². The third kappa shape index (κ3) is 2.32. The molecule has 8 heteroatoms. The molecule has 1 aliphatic heterocycles. The fourth-order valence-corrected chi connectivity index (χ4v) is 2.32. The highest BCUT2D eigenvalue weighted by Crippen LogP contribution is 3.02. The first kappa shape index (κ1) is 12.4. The normalized spacial score (nSPS) is 23.5. The van der Waals surface area contributed by atoms with Crippen LogP contribution in [0.3, 0.4) is 0 Å². The summed E-state index contributed by atoms with van der Waals surface area (Å²) in [6.45, 7) is 0.135. The van der Waals surface area contributed by atoms with Crippen molar-refractivity contribution in [3.05, 3.63) is 23.8 Å². The van der Waals surface area contributed by atoms with Gasteiger partial charge in [0.05, 0.1) is 6.04 Å². The smallest absolute Gasteiger partial charge is 0.310 e. The molecule has 1 aromatic carbocycles. The van der Waals surface area contributed by atoms with Gasteiger partial charge in [-0.05, 0) is 13.1 Å². The molecule has 1 aliphatic rings. The van der Waals surface area contributed by atoms with E-state index in [9.17, 15) is 19.4 Å². The first-order valence-corrected chi connectivity index (χ1v) is 6.64. The second kappa shape index (κ2) is 2.86. The number of likely N-dealkylation sites (N-methyl/N-ethyl adjacent to an activating group) is 1. The Morgan fingerprint density at radius 3 is 2.41 bits per heavy atom. The molecule has 1 atom stereocenters. The molecule has 1 aromatic rings. The SMILES string of the molecule is CN[C@H]1COc2cc(S(F)(F)(F)(F)F)ccc21. The van der Waals surface area contributed by atoms with E-state index in [1.165, 1.54) is 0 Å². The van der Waals surface area contributed by atoms with E-state index in [2.05, 4.69) is 5.32 Å². The van der Waals surface area contributed by atoms with E-state index in [1.54, 1.807) is 7.05 Å². The number of fused-ring (bicyclic) bond motifs is 1. The van der Waals surface area contributed by atoms with Gasteiger partial charge in [0.15, 0.2) is 0 Å². The van der Waals surface area contributed by atoms with Crippen molar-refractivity contribution in [3.8, 4) is 5.75 Å². The zero-order valence-electron chi connectivity index (χ0n) is 8.72. The maximum absolute atomic E-state index is 12.5. The Morgan fingerprint density at radius 2 is 1.88 bits per heavy atom. The van der Waals surface area contributed by atoms with Crippen molar-refractivity contribution >= 4 is 10.2 Å². The lowest BCUT2D eigenvalue weighted by Crippen LogP contribution is -2.17. The van der Waals surface area contributed by atoms with Crippen LogP contribution < -0.4 is 10.1 Å². The summed E-state index contributed by atoms with van der Waals surface area (Å²) < 4.78 is 67.6. The van der Waals surface area contributed by atoms with Gasteiger partial charge in [-0.15, -0.1) is 0 Å². The van der Waals surface area contributed by atoms with E-state index in [-0.39, 0.29) is 18.4 Å². The summed E-state index contributed by atoms with van der Waals surface area (Å²) in [6.07, 6.45) is 0. The van der Waals surface area contributed by atoms with Gasteiger partial charge in [0.25, 0.3) is 0 Å². The Hall–Kier alpha value is -1.02. The molecule has 17 heavy (non-hydrogen) atoms. The number of benzene rings is 1. The van der Waals surface area contributed by atoms with Crippen molar-refractivity contribution in [2.75, 3.05) is 13.7 Å². The Bertz CT molecular complexity index is 471. The average Bonchev–Trinajstić information content (AvgIpc) is 2.55. The fourth-order valence-electron chi connectivity index (χ4n) is 1.67. The molecule has 0 amide bonds. The lowest BCUT2D eigenvalue weighted by Gasteiger charge is -2.40. The Kier molecular flexibility index (Phi) is 2.09. The van der Waals surface area contributed by atoms with Gasteiger partial charge >= 0.3 is 10.2 Å². The molecule has 0 bridgehead atoms. The summed E-state index contributed by atoms with van der Waals surface area (Å²) in [6, 6.07) is 1.53. The third-order valence-electron chi connectivity index (χ3n) is 2.56. The van der Waals surface area contributed by atoms with Crippen LogP contribution in [-0.2, 0) is 0 Å². The first-order valence-electron chi connectivity index (χ1n) is 4.69. The first-order chi connectivity index (χ1) is 7.51. The molecular formula is C9H10F5NOS. The van der Waals surface area contributed by atoms with Crippen LogP contribution in [0, 0.1) is 0 Å². The second-order valence-electron chi connectivity index (χ2n) is 3.82. The largest absolute Gasteiger partial charge is 0.491 e. The Labute approximate surface area is 94.5 Å². The topological polar surface area (TPSA) is 21.3 Å². The monoisotopic (exact) mass is 275 g/mol. The summed E-state index contributed by atoms with van der Waals surface area (Å²) in [5.74, 6) is -0.143. The predicted molar refractivity (Wildman–Crippen MR) is 55.1 cm³/mol. The van der Waals surface area contributed by atoms with Gasteiger partial charge in [-0.3, -0.25) is 0 Å². The predicted octanol–water partition coefficient (Wildman–Crippen LogP) is 4.00. The zero-order valence-corrected chi connectivity index (χ0v) is 9.54. The molecule has 0 spiro atoms. The summed E-state index contributed by atoms with van der Waals surface area (Å²) >= 11 is 0. The molecule has 0 radical (unpaired) electrons. The van der Waals surface area contributed by atoms with Crippen LogP contribution in [0.4, 0.5) is 19.4 Å². The molecule has 0 saturated carbocycles. The third-order valence-corrected chi connectivity index (χ3v) is 3.70. The maximum Gasteiger partial charge on any atom is 0.310 e. The number of nitrogens with one attached hydrogen (secondary N) is 1. The van der Waals surface area contributed by atoms with Gasteiger partial charge in [-0.1, -0.05) is 25.5 Å². The van der Waals surface area contributed by atoms with Crippen molar-refractivity contribution in [1.82, 2.24) is 5.32 Å². The molecule has 0 saturated heterocycles. The van der Waals surface area contributed by atoms with Gasteiger partial charge in [0, 0.05) is 11.6 Å². The van der Waals surface area contributed by atoms with Crippen molar-refractivity contribution in [1.29, 1.82) is 0 Å². The van der Waals surface area contributed by atoms with Crippen molar-refractivity contribution in [2.45, 2.75) is 10.9 Å². The van der Waals surface area contributed by atoms with E-state index >= 15 is 0 Å². The number of ether oxygens (including phenoxy) is 1. The number of hydrogen-bond acceptors (Lipinski definition) is 2. The van der Waals surface area contributed by atoms with Crippen molar-refractivity contribution in [2.24, 2.45) is 0 Å². The lowest BCUT2D eigenvalue weighted by molar-refractivity contribution is 0.316. The molecule has 2 nitrogen and oxygen atoms in total. The van der Waals surface area contributed by atoms with Gasteiger partial charge < -0.3 is 10.1 Å². The van der Waals surface area contributed by atoms with Crippen LogP contribution in [0.1, 0.15) is 11.6 Å². The molecule has 0 aromatic heterocycles. The molecular weight excluding hydrogens is 265 g/mol. The van der Waals surface area contributed by atoms with Crippen LogP contribution in [-0.4, -0.2) is 13.7 Å². The van der Waals surface area contributed by atoms with Crippen LogP contribution in [0.5, 0.6) is 5.75 Å². The molecule has 0 aliphatic carbocycles. The summed E-state index contributed by atoms with van der Waals surface area (Å²) in [4.78, 5) is -1.92. The number of halogens is 5. The van der Waals surface area contributed by atoms with Crippen molar-refractivity contribution in [3.63, 3.8) is 0 Å². The van der Waals surface area contributed by atoms with E-state index in [0.29, 0.717) is 17.7 Å². The van der Waals surface area contributed by atoms with E-state index < -0.39 is 15.1 Å². The van der Waals surface area contributed by atoms with Gasteiger partial charge in [0.1, 0.15) is 17.3 Å². The lowest BCUT2D eigenvalue weighted by atomic mass is 10.1. The highest BCUT2D eigenvalue weighted by Gasteiger charge is 2.65. The summed E-state index contributed by atoms with van der Waals surface area (Å²) in [7, 11) is -8.00.